The smallest absolute Gasteiger partial charge is 0.320 e. The van der Waals surface area contributed by atoms with Gasteiger partial charge in [0.05, 0.1) is 0 Å². The summed E-state index contributed by atoms with van der Waals surface area (Å²) >= 11 is 0. The summed E-state index contributed by atoms with van der Waals surface area (Å²) in [6, 6.07) is 5.37. The molecule has 2 rings (SSSR count). The minimum absolute atomic E-state index is 0.443. The Hall–Kier alpha value is -1.35. The van der Waals surface area contributed by atoms with Crippen LogP contribution in [0, 0.1) is 0 Å². The first-order valence-electron chi connectivity index (χ1n) is 5.76. The number of carboxylic acids is 1. The first kappa shape index (κ1) is 11.1. The van der Waals surface area contributed by atoms with Gasteiger partial charge in [0.25, 0.3) is 0 Å². The van der Waals surface area contributed by atoms with Crippen molar-refractivity contribution in [2.24, 2.45) is 5.73 Å². The van der Waals surface area contributed by atoms with Crippen LogP contribution < -0.4 is 5.73 Å². The van der Waals surface area contributed by atoms with Gasteiger partial charge in [-0.1, -0.05) is 18.2 Å². The molecule has 16 heavy (non-hydrogen) atoms. The standard InChI is InChI=1S/C13H17NO2/c14-12(13(15)16)8-10-6-3-5-9-4-1-2-7-11(9)10/h3,5-6,12H,1-2,4,7-8,14H2,(H,15,16). The van der Waals surface area contributed by atoms with E-state index in [9.17, 15) is 4.79 Å². The number of aliphatic carboxylic acids is 1. The van der Waals surface area contributed by atoms with Crippen LogP contribution in [0.2, 0.25) is 0 Å². The summed E-state index contributed by atoms with van der Waals surface area (Å²) in [6.07, 6.45) is 5.07. The highest BCUT2D eigenvalue weighted by Gasteiger charge is 2.17. The van der Waals surface area contributed by atoms with E-state index >= 15 is 0 Å². The number of carboxylic acid groups (broad SMARTS) is 1. The number of rotatable bonds is 3. The van der Waals surface area contributed by atoms with Crippen LogP contribution in [0.3, 0.4) is 0 Å². The molecule has 3 heteroatoms. The molecular formula is C13H17NO2. The summed E-state index contributed by atoms with van der Waals surface area (Å²) < 4.78 is 0. The van der Waals surface area contributed by atoms with Gasteiger partial charge < -0.3 is 10.8 Å². The topological polar surface area (TPSA) is 63.3 Å². The molecule has 0 bridgehead atoms. The Morgan fingerprint density at radius 2 is 2.12 bits per heavy atom. The fourth-order valence-corrected chi connectivity index (χ4v) is 2.38. The van der Waals surface area contributed by atoms with Crippen LogP contribution in [0.15, 0.2) is 18.2 Å². The maximum Gasteiger partial charge on any atom is 0.320 e. The monoisotopic (exact) mass is 219 g/mol. The van der Waals surface area contributed by atoms with E-state index < -0.39 is 12.0 Å². The Balaban J connectivity index is 2.24. The number of hydrogen-bond acceptors (Lipinski definition) is 2. The second-order valence-electron chi connectivity index (χ2n) is 4.41. The lowest BCUT2D eigenvalue weighted by Gasteiger charge is -2.20. The summed E-state index contributed by atoms with van der Waals surface area (Å²) in [7, 11) is 0. The predicted molar refractivity (Wildman–Crippen MR) is 62.4 cm³/mol. The molecule has 0 aromatic heterocycles. The second-order valence-corrected chi connectivity index (χ2v) is 4.41. The van der Waals surface area contributed by atoms with Crippen LogP contribution in [-0.2, 0) is 24.1 Å². The zero-order chi connectivity index (χ0) is 11.5. The molecule has 1 unspecified atom stereocenters. The third-order valence-electron chi connectivity index (χ3n) is 3.25. The maximum absolute atomic E-state index is 10.7. The van der Waals surface area contributed by atoms with Gasteiger partial charge in [-0.05, 0) is 48.8 Å². The minimum atomic E-state index is -0.923. The van der Waals surface area contributed by atoms with E-state index in [1.165, 1.54) is 24.0 Å². The van der Waals surface area contributed by atoms with Crippen LogP contribution in [0.5, 0.6) is 0 Å². The summed E-state index contributed by atoms with van der Waals surface area (Å²) in [5.41, 5.74) is 9.41. The van der Waals surface area contributed by atoms with Gasteiger partial charge in [0, 0.05) is 0 Å². The van der Waals surface area contributed by atoms with Crippen LogP contribution in [0.4, 0.5) is 0 Å². The molecule has 0 radical (unpaired) electrons. The first-order chi connectivity index (χ1) is 7.68. The molecule has 1 aliphatic carbocycles. The van der Waals surface area contributed by atoms with E-state index in [-0.39, 0.29) is 0 Å². The first-order valence-corrected chi connectivity index (χ1v) is 5.76. The Bertz CT molecular complexity index is 401. The van der Waals surface area contributed by atoms with E-state index in [4.69, 9.17) is 10.8 Å². The Kier molecular flexibility index (Phi) is 3.25. The fraction of sp³-hybridized carbons (Fsp3) is 0.462. The molecular weight excluding hydrogens is 202 g/mol. The molecule has 0 fully saturated rings. The summed E-state index contributed by atoms with van der Waals surface area (Å²) in [4.78, 5) is 10.7. The number of hydrogen-bond donors (Lipinski definition) is 2. The highest BCUT2D eigenvalue weighted by atomic mass is 16.4. The van der Waals surface area contributed by atoms with Gasteiger partial charge in [0.2, 0.25) is 0 Å². The molecule has 0 saturated heterocycles. The van der Waals surface area contributed by atoms with Gasteiger partial charge in [-0.15, -0.1) is 0 Å². The lowest BCUT2D eigenvalue weighted by atomic mass is 9.86. The molecule has 0 aliphatic heterocycles. The lowest BCUT2D eigenvalue weighted by molar-refractivity contribution is -0.138. The van der Waals surface area contributed by atoms with Gasteiger partial charge in [0.15, 0.2) is 0 Å². The van der Waals surface area contributed by atoms with E-state index in [0.29, 0.717) is 6.42 Å². The minimum Gasteiger partial charge on any atom is -0.480 e. The van der Waals surface area contributed by atoms with Crippen molar-refractivity contribution in [3.05, 3.63) is 34.9 Å². The van der Waals surface area contributed by atoms with Gasteiger partial charge >= 0.3 is 5.97 Å². The van der Waals surface area contributed by atoms with Gasteiger partial charge in [-0.25, -0.2) is 0 Å². The van der Waals surface area contributed by atoms with Crippen molar-refractivity contribution in [2.75, 3.05) is 0 Å². The molecule has 0 saturated carbocycles. The average molecular weight is 219 g/mol. The Labute approximate surface area is 95.3 Å². The molecule has 1 atom stereocenters. The molecule has 1 aromatic rings. The van der Waals surface area contributed by atoms with Gasteiger partial charge in [-0.2, -0.15) is 0 Å². The highest BCUT2D eigenvalue weighted by Crippen LogP contribution is 2.25. The average Bonchev–Trinajstić information content (AvgIpc) is 2.29. The quantitative estimate of drug-likeness (QED) is 0.810. The number of fused-ring (bicyclic) bond motifs is 1. The molecule has 1 aliphatic rings. The Morgan fingerprint density at radius 1 is 1.38 bits per heavy atom. The van der Waals surface area contributed by atoms with Crippen molar-refractivity contribution >= 4 is 5.97 Å². The number of nitrogens with two attached hydrogens (primary N) is 1. The van der Waals surface area contributed by atoms with Crippen LogP contribution >= 0.6 is 0 Å². The summed E-state index contributed by atoms with van der Waals surface area (Å²) in [5.74, 6) is -0.923. The van der Waals surface area contributed by atoms with Crippen molar-refractivity contribution in [1.29, 1.82) is 0 Å². The van der Waals surface area contributed by atoms with Crippen LogP contribution in [0.25, 0.3) is 0 Å². The normalized spacial score (nSPS) is 16.6. The molecule has 3 N–H and O–H groups in total. The third-order valence-corrected chi connectivity index (χ3v) is 3.25. The van der Waals surface area contributed by atoms with Crippen molar-refractivity contribution in [1.82, 2.24) is 0 Å². The zero-order valence-electron chi connectivity index (χ0n) is 9.28. The van der Waals surface area contributed by atoms with E-state index in [0.717, 1.165) is 18.4 Å². The molecule has 1 aromatic carbocycles. The Morgan fingerprint density at radius 3 is 2.88 bits per heavy atom. The van der Waals surface area contributed by atoms with Gasteiger partial charge in [-0.3, -0.25) is 4.79 Å². The van der Waals surface area contributed by atoms with Crippen molar-refractivity contribution in [3.8, 4) is 0 Å². The largest absolute Gasteiger partial charge is 0.480 e. The lowest BCUT2D eigenvalue weighted by Crippen LogP contribution is -2.32. The number of carbonyl (C=O) groups is 1. The highest BCUT2D eigenvalue weighted by molar-refractivity contribution is 5.73. The summed E-state index contributed by atoms with van der Waals surface area (Å²) in [5, 5.41) is 8.82. The maximum atomic E-state index is 10.7. The van der Waals surface area contributed by atoms with E-state index in [1.807, 2.05) is 12.1 Å². The molecule has 0 spiro atoms. The third kappa shape index (κ3) is 2.25. The van der Waals surface area contributed by atoms with Crippen LogP contribution in [-0.4, -0.2) is 17.1 Å². The molecule has 3 nitrogen and oxygen atoms in total. The predicted octanol–water partition coefficient (Wildman–Crippen LogP) is 1.52. The number of aryl methyl sites for hydroxylation is 1. The SMILES string of the molecule is NC(Cc1cccc2c1CCCC2)C(=O)O. The van der Waals surface area contributed by atoms with Crippen molar-refractivity contribution in [2.45, 2.75) is 38.1 Å². The second kappa shape index (κ2) is 4.66. The van der Waals surface area contributed by atoms with Crippen LogP contribution in [0.1, 0.15) is 29.5 Å². The van der Waals surface area contributed by atoms with Crippen molar-refractivity contribution in [3.63, 3.8) is 0 Å². The zero-order valence-corrected chi connectivity index (χ0v) is 9.28. The summed E-state index contributed by atoms with van der Waals surface area (Å²) in [6.45, 7) is 0. The van der Waals surface area contributed by atoms with E-state index in [2.05, 4.69) is 6.07 Å². The van der Waals surface area contributed by atoms with Gasteiger partial charge in [0.1, 0.15) is 6.04 Å². The molecule has 0 heterocycles. The fourth-order valence-electron chi connectivity index (χ4n) is 2.38. The number of benzene rings is 1. The molecule has 0 amide bonds. The van der Waals surface area contributed by atoms with E-state index in [1.54, 1.807) is 0 Å². The molecule has 86 valence electrons. The van der Waals surface area contributed by atoms with Crippen molar-refractivity contribution < 1.29 is 9.90 Å².